The first kappa shape index (κ1) is 24.0. The summed E-state index contributed by atoms with van der Waals surface area (Å²) in [6.45, 7) is 6.15. The molecule has 1 saturated heterocycles. The summed E-state index contributed by atoms with van der Waals surface area (Å²) in [5, 5.41) is 4.12. The zero-order chi connectivity index (χ0) is 24.5. The van der Waals surface area contributed by atoms with E-state index in [1.54, 1.807) is 0 Å². The Kier molecular flexibility index (Phi) is 6.90. The van der Waals surface area contributed by atoms with Crippen molar-refractivity contribution in [2.45, 2.75) is 58.8 Å². The molecule has 180 valence electrons. The van der Waals surface area contributed by atoms with E-state index in [-0.39, 0.29) is 5.91 Å². The topological polar surface area (TPSA) is 46.4 Å². The molecule has 2 heterocycles. The molecule has 0 spiro atoms. The fourth-order valence-electron chi connectivity index (χ4n) is 5.11. The summed E-state index contributed by atoms with van der Waals surface area (Å²) in [5.74, 6) is 0.574. The molecule has 6 heteroatoms. The number of aromatic nitrogens is 1. The van der Waals surface area contributed by atoms with Gasteiger partial charge in [0.25, 0.3) is 5.91 Å². The molecule has 2 aromatic carbocycles. The van der Waals surface area contributed by atoms with E-state index in [2.05, 4.69) is 59.1 Å². The maximum absolute atomic E-state index is 12.7. The second kappa shape index (κ2) is 10.1. The molecule has 5 rings (SSSR count). The van der Waals surface area contributed by atoms with Gasteiger partial charge in [0.1, 0.15) is 0 Å². The highest BCUT2D eigenvalue weighted by Gasteiger charge is 2.25. The number of hydrogen-bond acceptors (Lipinski definition) is 3. The SMILES string of the molecule is Cc1c(Cl)cccc1N=C1NC(=O)/C(=C/c2cc(C)n(-c3ccc(C4CCCCC4)cc3)c2C)S1. The number of aryl methyl sites for hydroxylation is 1. The van der Waals surface area contributed by atoms with Gasteiger partial charge in [-0.3, -0.25) is 4.79 Å². The maximum atomic E-state index is 12.7. The number of amidine groups is 1. The molecular formula is C29H30ClN3OS. The van der Waals surface area contributed by atoms with Gasteiger partial charge in [-0.2, -0.15) is 0 Å². The lowest BCUT2D eigenvalue weighted by molar-refractivity contribution is -0.115. The molecule has 0 radical (unpaired) electrons. The van der Waals surface area contributed by atoms with E-state index in [1.807, 2.05) is 31.2 Å². The van der Waals surface area contributed by atoms with Crippen LogP contribution in [0.3, 0.4) is 0 Å². The monoisotopic (exact) mass is 503 g/mol. The Morgan fingerprint density at radius 1 is 1.06 bits per heavy atom. The minimum Gasteiger partial charge on any atom is -0.318 e. The molecule has 2 aliphatic rings. The Bertz CT molecular complexity index is 1330. The second-order valence-electron chi connectivity index (χ2n) is 9.45. The average Bonchev–Trinajstić information content (AvgIpc) is 3.35. The minimum atomic E-state index is -0.130. The van der Waals surface area contributed by atoms with E-state index in [0.29, 0.717) is 21.0 Å². The summed E-state index contributed by atoms with van der Waals surface area (Å²) < 4.78 is 2.26. The summed E-state index contributed by atoms with van der Waals surface area (Å²) in [6, 6.07) is 16.8. The number of carbonyl (C=O) groups excluding carboxylic acids is 1. The molecule has 1 aromatic heterocycles. The van der Waals surface area contributed by atoms with Crippen LogP contribution in [-0.4, -0.2) is 15.6 Å². The lowest BCUT2D eigenvalue weighted by Gasteiger charge is -2.22. The number of nitrogens with zero attached hydrogens (tertiary/aromatic N) is 2. The van der Waals surface area contributed by atoms with Crippen molar-refractivity contribution in [2.24, 2.45) is 4.99 Å². The van der Waals surface area contributed by atoms with E-state index >= 15 is 0 Å². The summed E-state index contributed by atoms with van der Waals surface area (Å²) in [5.41, 5.74) is 7.57. The Morgan fingerprint density at radius 2 is 1.80 bits per heavy atom. The molecule has 0 atom stereocenters. The van der Waals surface area contributed by atoms with Gasteiger partial charge in [-0.15, -0.1) is 0 Å². The fourth-order valence-corrected chi connectivity index (χ4v) is 6.11. The number of rotatable bonds is 4. The summed E-state index contributed by atoms with van der Waals surface area (Å²) in [4.78, 5) is 17.9. The maximum Gasteiger partial charge on any atom is 0.264 e. The Labute approximate surface area is 216 Å². The zero-order valence-corrected chi connectivity index (χ0v) is 22.0. The summed E-state index contributed by atoms with van der Waals surface area (Å²) >= 11 is 7.58. The van der Waals surface area contributed by atoms with Crippen LogP contribution in [0, 0.1) is 20.8 Å². The highest BCUT2D eigenvalue weighted by atomic mass is 35.5. The van der Waals surface area contributed by atoms with Gasteiger partial charge in [0, 0.05) is 22.1 Å². The third-order valence-electron chi connectivity index (χ3n) is 7.10. The van der Waals surface area contributed by atoms with E-state index < -0.39 is 0 Å². The van der Waals surface area contributed by atoms with Crippen LogP contribution in [0.25, 0.3) is 11.8 Å². The number of hydrogen-bond donors (Lipinski definition) is 1. The number of carbonyl (C=O) groups is 1. The predicted molar refractivity (Wildman–Crippen MR) is 148 cm³/mol. The second-order valence-corrected chi connectivity index (χ2v) is 10.9. The first-order valence-corrected chi connectivity index (χ1v) is 13.4. The number of halogens is 1. The smallest absolute Gasteiger partial charge is 0.264 e. The summed E-state index contributed by atoms with van der Waals surface area (Å²) in [7, 11) is 0. The first-order chi connectivity index (χ1) is 16.9. The van der Waals surface area contributed by atoms with Crippen molar-refractivity contribution in [1.29, 1.82) is 0 Å². The van der Waals surface area contributed by atoms with Crippen molar-refractivity contribution in [1.82, 2.24) is 9.88 Å². The highest BCUT2D eigenvalue weighted by Crippen LogP contribution is 2.34. The van der Waals surface area contributed by atoms with Crippen molar-refractivity contribution in [3.63, 3.8) is 0 Å². The van der Waals surface area contributed by atoms with E-state index in [4.69, 9.17) is 11.6 Å². The van der Waals surface area contributed by atoms with Crippen LogP contribution in [0.2, 0.25) is 5.02 Å². The number of aliphatic imine (C=N–C) groups is 1. The Balaban J connectivity index is 1.39. The molecule has 1 aliphatic carbocycles. The van der Waals surface area contributed by atoms with Gasteiger partial charge in [0.2, 0.25) is 0 Å². The van der Waals surface area contributed by atoms with Crippen LogP contribution in [-0.2, 0) is 4.79 Å². The fraction of sp³-hybridized carbons (Fsp3) is 0.310. The van der Waals surface area contributed by atoms with Crippen LogP contribution >= 0.6 is 23.4 Å². The van der Waals surface area contributed by atoms with E-state index in [1.165, 1.54) is 49.4 Å². The first-order valence-electron chi connectivity index (χ1n) is 12.2. The van der Waals surface area contributed by atoms with Crippen LogP contribution in [0.5, 0.6) is 0 Å². The molecule has 1 amide bonds. The molecule has 2 fully saturated rings. The van der Waals surface area contributed by atoms with Crippen molar-refractivity contribution in [3.8, 4) is 5.69 Å². The normalized spacial score (nSPS) is 19.0. The average molecular weight is 504 g/mol. The molecule has 4 nitrogen and oxygen atoms in total. The van der Waals surface area contributed by atoms with Gasteiger partial charge in [-0.05, 0) is 104 Å². The molecule has 1 N–H and O–H groups in total. The molecule has 0 bridgehead atoms. The standard InChI is InChI=1S/C29H30ClN3OS/c1-18-16-23(17-27-28(34)32-29(35-27)31-26-11-7-10-25(30)19(26)2)20(3)33(18)24-14-12-22(13-15-24)21-8-5-4-6-9-21/h7,10-17,21H,4-6,8-9H2,1-3H3,(H,31,32,34)/b27-17-. The third kappa shape index (κ3) is 4.98. The molecule has 3 aromatic rings. The van der Waals surface area contributed by atoms with Crippen molar-refractivity contribution in [2.75, 3.05) is 0 Å². The van der Waals surface area contributed by atoms with Crippen molar-refractivity contribution >= 4 is 46.2 Å². The van der Waals surface area contributed by atoms with E-state index in [0.717, 1.165) is 33.9 Å². The number of thioether (sulfide) groups is 1. The van der Waals surface area contributed by atoms with Crippen LogP contribution < -0.4 is 5.32 Å². The van der Waals surface area contributed by atoms with Crippen LogP contribution in [0.4, 0.5) is 5.69 Å². The lowest BCUT2D eigenvalue weighted by atomic mass is 9.84. The third-order valence-corrected chi connectivity index (χ3v) is 8.42. The zero-order valence-electron chi connectivity index (χ0n) is 20.4. The number of amides is 1. The van der Waals surface area contributed by atoms with Crippen molar-refractivity contribution < 1.29 is 4.79 Å². The highest BCUT2D eigenvalue weighted by molar-refractivity contribution is 8.18. The Hall–Kier alpha value is -2.76. The summed E-state index contributed by atoms with van der Waals surface area (Å²) in [6.07, 6.45) is 8.64. The quantitative estimate of drug-likeness (QED) is 0.366. The lowest BCUT2D eigenvalue weighted by Crippen LogP contribution is -2.19. The minimum absolute atomic E-state index is 0.130. The van der Waals surface area contributed by atoms with E-state index in [9.17, 15) is 4.79 Å². The van der Waals surface area contributed by atoms with Gasteiger partial charge < -0.3 is 9.88 Å². The van der Waals surface area contributed by atoms with Gasteiger partial charge >= 0.3 is 0 Å². The van der Waals surface area contributed by atoms with Crippen LogP contribution in [0.15, 0.2) is 58.4 Å². The number of nitrogens with one attached hydrogen (secondary N) is 1. The van der Waals surface area contributed by atoms with Gasteiger partial charge in [-0.25, -0.2) is 4.99 Å². The molecule has 35 heavy (non-hydrogen) atoms. The Morgan fingerprint density at radius 3 is 2.54 bits per heavy atom. The van der Waals surface area contributed by atoms with Crippen LogP contribution in [0.1, 0.15) is 66.1 Å². The largest absolute Gasteiger partial charge is 0.318 e. The predicted octanol–water partition coefficient (Wildman–Crippen LogP) is 8.00. The molecule has 0 unspecified atom stereocenters. The van der Waals surface area contributed by atoms with Gasteiger partial charge in [0.05, 0.1) is 10.6 Å². The van der Waals surface area contributed by atoms with Gasteiger partial charge in [0.15, 0.2) is 5.17 Å². The van der Waals surface area contributed by atoms with Crippen molar-refractivity contribution in [3.05, 3.63) is 86.5 Å². The molecule has 1 aliphatic heterocycles. The molecular weight excluding hydrogens is 474 g/mol. The molecule has 1 saturated carbocycles. The van der Waals surface area contributed by atoms with Gasteiger partial charge in [-0.1, -0.05) is 49.1 Å². The number of benzene rings is 2.